The van der Waals surface area contributed by atoms with E-state index < -0.39 is 11.8 Å². The highest BCUT2D eigenvalue weighted by molar-refractivity contribution is 6.46. The molecule has 0 spiro atoms. The van der Waals surface area contributed by atoms with Gasteiger partial charge in [-0.25, -0.2) is 4.39 Å². The number of hydrogen-bond acceptors (Lipinski definition) is 4. The largest absolute Gasteiger partial charge is 0.489 e. The zero-order chi connectivity index (χ0) is 17.5. The maximum atomic E-state index is 13.1. The number of hydrogen-bond donors (Lipinski definition) is 2. The molecule has 124 valence electrons. The Bertz CT molecular complexity index is 744. The number of amides is 1. The van der Waals surface area contributed by atoms with Crippen LogP contribution in [0, 0.1) is 11.2 Å². The predicted octanol–water partition coefficient (Wildman–Crippen LogP) is 2.48. The van der Waals surface area contributed by atoms with Gasteiger partial charge in [0.15, 0.2) is 0 Å². The van der Waals surface area contributed by atoms with Gasteiger partial charge < -0.3 is 10.1 Å². The van der Waals surface area contributed by atoms with E-state index in [1.165, 1.54) is 19.1 Å². The van der Waals surface area contributed by atoms with Crippen LogP contribution in [0.2, 0.25) is 0 Å². The molecule has 2 aromatic rings. The number of ether oxygens (including phenoxy) is 1. The monoisotopic (exact) mass is 328 g/mol. The minimum atomic E-state index is -0.751. The summed E-state index contributed by atoms with van der Waals surface area (Å²) in [6.45, 7) is 1.73. The molecule has 1 atom stereocenters. The second kappa shape index (κ2) is 8.01. The average molecular weight is 328 g/mol. The fourth-order valence-corrected chi connectivity index (χ4v) is 2.05. The average Bonchev–Trinajstić information content (AvgIpc) is 2.59. The summed E-state index contributed by atoms with van der Waals surface area (Å²) < 4.78 is 18.6. The lowest BCUT2D eigenvalue weighted by molar-refractivity contribution is -0.118. The van der Waals surface area contributed by atoms with Crippen molar-refractivity contribution < 1.29 is 18.7 Å². The SMILES string of the molecule is C[C@H](NC=O)C(=O)C(=N)c1ccc(OCc2cccc(F)c2)cc1. The van der Waals surface area contributed by atoms with Crippen LogP contribution < -0.4 is 10.1 Å². The first-order chi connectivity index (χ1) is 11.5. The molecule has 2 N–H and O–H groups in total. The number of Topliss-reactive ketones (excluding diaryl/α,β-unsaturated/α-hetero) is 1. The van der Waals surface area contributed by atoms with Crippen LogP contribution in [0.15, 0.2) is 48.5 Å². The van der Waals surface area contributed by atoms with Crippen molar-refractivity contribution in [3.05, 3.63) is 65.5 Å². The summed E-state index contributed by atoms with van der Waals surface area (Å²) in [6.07, 6.45) is 0.430. The molecule has 1 amide bonds. The van der Waals surface area contributed by atoms with Crippen molar-refractivity contribution in [3.8, 4) is 5.75 Å². The maximum Gasteiger partial charge on any atom is 0.207 e. The van der Waals surface area contributed by atoms with Crippen molar-refractivity contribution >= 4 is 17.9 Å². The van der Waals surface area contributed by atoms with E-state index in [-0.39, 0.29) is 18.1 Å². The molecule has 0 aliphatic heterocycles. The van der Waals surface area contributed by atoms with Gasteiger partial charge in [-0.2, -0.15) is 0 Å². The van der Waals surface area contributed by atoms with E-state index in [1.54, 1.807) is 36.4 Å². The lowest BCUT2D eigenvalue weighted by atomic mass is 10.0. The summed E-state index contributed by atoms with van der Waals surface area (Å²) in [5.74, 6) is -0.255. The molecule has 0 saturated heterocycles. The molecule has 24 heavy (non-hydrogen) atoms. The van der Waals surface area contributed by atoms with E-state index in [1.807, 2.05) is 0 Å². The lowest BCUT2D eigenvalue weighted by Gasteiger charge is -2.11. The minimum absolute atomic E-state index is 0.187. The van der Waals surface area contributed by atoms with Crippen LogP contribution in [0.25, 0.3) is 0 Å². The fourth-order valence-electron chi connectivity index (χ4n) is 2.05. The van der Waals surface area contributed by atoms with Crippen molar-refractivity contribution in [1.29, 1.82) is 5.41 Å². The third kappa shape index (κ3) is 4.49. The van der Waals surface area contributed by atoms with Crippen molar-refractivity contribution in [2.24, 2.45) is 0 Å². The summed E-state index contributed by atoms with van der Waals surface area (Å²) in [7, 11) is 0. The number of carbonyl (C=O) groups excluding carboxylic acids is 2. The smallest absolute Gasteiger partial charge is 0.207 e. The third-order valence-electron chi connectivity index (χ3n) is 3.40. The van der Waals surface area contributed by atoms with Crippen LogP contribution in [0.5, 0.6) is 5.75 Å². The van der Waals surface area contributed by atoms with Crippen molar-refractivity contribution in [2.75, 3.05) is 0 Å². The van der Waals surface area contributed by atoms with Crippen LogP contribution >= 0.6 is 0 Å². The molecular formula is C18H17FN2O3. The Balaban J connectivity index is 1.98. The second-order valence-electron chi connectivity index (χ2n) is 5.19. The second-order valence-corrected chi connectivity index (χ2v) is 5.19. The van der Waals surface area contributed by atoms with Crippen LogP contribution in [0.1, 0.15) is 18.1 Å². The van der Waals surface area contributed by atoms with Gasteiger partial charge in [0, 0.05) is 5.56 Å². The van der Waals surface area contributed by atoms with Gasteiger partial charge >= 0.3 is 0 Å². The standard InChI is InChI=1S/C18H17FN2O3/c1-12(21-11-22)18(23)17(20)14-5-7-16(8-6-14)24-10-13-3-2-4-15(19)9-13/h2-9,11-12,20H,10H2,1H3,(H,21,22)/t12-/m0/s1. The Kier molecular flexibility index (Phi) is 5.78. The van der Waals surface area contributed by atoms with E-state index in [9.17, 15) is 14.0 Å². The molecule has 5 nitrogen and oxygen atoms in total. The molecule has 6 heteroatoms. The van der Waals surface area contributed by atoms with Gasteiger partial charge in [0.05, 0.1) is 6.04 Å². The Hall–Kier alpha value is -3.02. The van der Waals surface area contributed by atoms with Gasteiger partial charge in [-0.05, 0) is 48.9 Å². The van der Waals surface area contributed by atoms with Gasteiger partial charge in [0.1, 0.15) is 23.9 Å². The first-order valence-corrected chi connectivity index (χ1v) is 7.31. The van der Waals surface area contributed by atoms with Gasteiger partial charge in [-0.15, -0.1) is 0 Å². The highest BCUT2D eigenvalue weighted by Gasteiger charge is 2.18. The molecule has 0 aromatic heterocycles. The molecule has 0 bridgehead atoms. The van der Waals surface area contributed by atoms with Crippen LogP contribution in [-0.2, 0) is 16.2 Å². The summed E-state index contributed by atoms with van der Waals surface area (Å²) in [5.41, 5.74) is 0.946. The molecule has 0 unspecified atom stereocenters. The van der Waals surface area contributed by atoms with Gasteiger partial charge in [-0.1, -0.05) is 12.1 Å². The third-order valence-corrected chi connectivity index (χ3v) is 3.40. The Labute approximate surface area is 139 Å². The Morgan fingerprint density at radius 2 is 2.00 bits per heavy atom. The van der Waals surface area contributed by atoms with Crippen molar-refractivity contribution in [2.45, 2.75) is 19.6 Å². The van der Waals surface area contributed by atoms with Gasteiger partial charge in [-0.3, -0.25) is 15.0 Å². The Morgan fingerprint density at radius 3 is 2.62 bits per heavy atom. The van der Waals surface area contributed by atoms with Gasteiger partial charge in [0.2, 0.25) is 12.2 Å². The Morgan fingerprint density at radius 1 is 1.29 bits per heavy atom. The minimum Gasteiger partial charge on any atom is -0.489 e. The van der Waals surface area contributed by atoms with Crippen molar-refractivity contribution in [1.82, 2.24) is 5.32 Å². The summed E-state index contributed by atoms with van der Waals surface area (Å²) >= 11 is 0. The molecule has 0 saturated carbocycles. The first-order valence-electron chi connectivity index (χ1n) is 7.31. The predicted molar refractivity (Wildman–Crippen MR) is 87.7 cm³/mol. The quantitative estimate of drug-likeness (QED) is 0.577. The number of rotatable bonds is 8. The van der Waals surface area contributed by atoms with E-state index >= 15 is 0 Å². The number of halogens is 1. The highest BCUT2D eigenvalue weighted by Crippen LogP contribution is 2.15. The maximum absolute atomic E-state index is 13.1. The molecule has 2 rings (SSSR count). The first kappa shape index (κ1) is 17.3. The van der Waals surface area contributed by atoms with E-state index in [4.69, 9.17) is 10.1 Å². The van der Waals surface area contributed by atoms with Crippen LogP contribution in [0.3, 0.4) is 0 Å². The fraction of sp³-hybridized carbons (Fsp3) is 0.167. The topological polar surface area (TPSA) is 79.3 Å². The summed E-state index contributed by atoms with van der Waals surface area (Å²) in [5, 5.41) is 10.2. The van der Waals surface area contributed by atoms with Crippen LogP contribution in [0.4, 0.5) is 4.39 Å². The molecule has 0 aliphatic rings. The number of carbonyl (C=O) groups is 2. The van der Waals surface area contributed by atoms with E-state index in [0.717, 1.165) is 0 Å². The van der Waals surface area contributed by atoms with E-state index in [2.05, 4.69) is 5.32 Å². The molecule has 0 heterocycles. The number of nitrogens with one attached hydrogen (secondary N) is 2. The molecule has 2 aromatic carbocycles. The highest BCUT2D eigenvalue weighted by atomic mass is 19.1. The van der Waals surface area contributed by atoms with Gasteiger partial charge in [0.25, 0.3) is 0 Å². The molecule has 0 aliphatic carbocycles. The lowest BCUT2D eigenvalue weighted by Crippen LogP contribution is -2.37. The van der Waals surface area contributed by atoms with Crippen LogP contribution in [-0.4, -0.2) is 23.9 Å². The number of benzene rings is 2. The van der Waals surface area contributed by atoms with E-state index in [0.29, 0.717) is 23.3 Å². The van der Waals surface area contributed by atoms with Crippen molar-refractivity contribution in [3.63, 3.8) is 0 Å². The number of ketones is 1. The molecular weight excluding hydrogens is 311 g/mol. The summed E-state index contributed by atoms with van der Waals surface area (Å²) in [6, 6.07) is 11.8. The normalized spacial score (nSPS) is 11.4. The zero-order valence-corrected chi connectivity index (χ0v) is 13.1. The molecule has 0 fully saturated rings. The zero-order valence-electron chi connectivity index (χ0n) is 13.1. The summed E-state index contributed by atoms with van der Waals surface area (Å²) in [4.78, 5) is 22.3. The molecule has 0 radical (unpaired) electrons.